The number of thioether (sulfide) groups is 1. The minimum absolute atomic E-state index is 0.0651. The molecule has 7 nitrogen and oxygen atoms in total. The summed E-state index contributed by atoms with van der Waals surface area (Å²) < 4.78 is 102. The van der Waals surface area contributed by atoms with E-state index in [4.69, 9.17) is 0 Å². The fourth-order valence-electron chi connectivity index (χ4n) is 3.78. The lowest BCUT2D eigenvalue weighted by atomic mass is 10.0. The molecular formula is C22H25F8N3O4S. The van der Waals surface area contributed by atoms with Crippen molar-refractivity contribution in [3.05, 3.63) is 33.9 Å². The van der Waals surface area contributed by atoms with Crippen LogP contribution in [0.15, 0.2) is 18.2 Å². The Kier molecular flexibility index (Phi) is 9.65. The van der Waals surface area contributed by atoms with Gasteiger partial charge < -0.3 is 4.90 Å². The molecular weight excluding hydrogens is 554 g/mol. The zero-order chi connectivity index (χ0) is 29.1. The molecule has 0 unspecified atom stereocenters. The van der Waals surface area contributed by atoms with E-state index in [-0.39, 0.29) is 18.7 Å². The number of carbonyl (C=O) groups is 2. The molecule has 1 aromatic carbocycles. The number of alkyl halides is 8. The minimum Gasteiger partial charge on any atom is -0.310 e. The van der Waals surface area contributed by atoms with E-state index in [0.717, 1.165) is 6.07 Å². The molecule has 0 N–H and O–H groups in total. The minimum atomic E-state index is -5.57. The number of hydrogen-bond acceptors (Lipinski definition) is 5. The van der Waals surface area contributed by atoms with Crippen molar-refractivity contribution < 1.29 is 49.6 Å². The third-order valence-electron chi connectivity index (χ3n) is 5.93. The standard InChI is InChI=1S/C22H25F8N3O4S/c1-19(2)17(34)32(14-7-8-16(33(36)37)15(13-14)21(25,26)27)18(35)31(19)10-4-3-5-11-38-12-6-9-20(23,24)22(28,29)30/h7-8,13H,3-6,9-12H2,1-2H3. The van der Waals surface area contributed by atoms with E-state index < -0.39 is 64.0 Å². The Bertz CT molecular complexity index is 1050. The highest BCUT2D eigenvalue weighted by Gasteiger charge is 2.56. The van der Waals surface area contributed by atoms with Crippen LogP contribution in [-0.4, -0.2) is 57.4 Å². The van der Waals surface area contributed by atoms with Crippen LogP contribution in [0.3, 0.4) is 0 Å². The Balaban J connectivity index is 1.92. The predicted octanol–water partition coefficient (Wildman–Crippen LogP) is 7.04. The highest BCUT2D eigenvalue weighted by molar-refractivity contribution is 7.99. The van der Waals surface area contributed by atoms with E-state index in [1.807, 2.05) is 0 Å². The first-order valence-electron chi connectivity index (χ1n) is 11.4. The van der Waals surface area contributed by atoms with Crippen LogP contribution in [0.5, 0.6) is 0 Å². The van der Waals surface area contributed by atoms with Gasteiger partial charge in [-0.2, -0.15) is 46.9 Å². The number of nitro groups is 1. The topological polar surface area (TPSA) is 83.8 Å². The largest absolute Gasteiger partial charge is 0.453 e. The fourth-order valence-corrected chi connectivity index (χ4v) is 4.74. The average molecular weight is 580 g/mol. The maximum atomic E-state index is 13.4. The number of unbranched alkanes of at least 4 members (excludes halogenated alkanes) is 2. The van der Waals surface area contributed by atoms with Gasteiger partial charge in [0.05, 0.1) is 10.6 Å². The molecule has 1 aliphatic rings. The second-order valence-corrected chi connectivity index (χ2v) is 10.3. The third kappa shape index (κ3) is 7.05. The van der Waals surface area contributed by atoms with Crippen LogP contribution in [0.1, 0.15) is 51.5 Å². The number of rotatable bonds is 12. The van der Waals surface area contributed by atoms with Gasteiger partial charge in [0.15, 0.2) is 0 Å². The molecule has 1 saturated heterocycles. The molecule has 0 saturated carbocycles. The summed E-state index contributed by atoms with van der Waals surface area (Å²) in [7, 11) is 0. The molecule has 1 fully saturated rings. The van der Waals surface area contributed by atoms with Gasteiger partial charge in [0.1, 0.15) is 11.1 Å². The first-order valence-corrected chi connectivity index (χ1v) is 12.5. The zero-order valence-electron chi connectivity index (χ0n) is 20.3. The van der Waals surface area contributed by atoms with E-state index in [2.05, 4.69) is 0 Å². The number of amides is 3. The van der Waals surface area contributed by atoms with Crippen molar-refractivity contribution in [3.63, 3.8) is 0 Å². The van der Waals surface area contributed by atoms with Crippen LogP contribution in [0, 0.1) is 10.1 Å². The molecule has 38 heavy (non-hydrogen) atoms. The van der Waals surface area contributed by atoms with Crippen LogP contribution in [0.4, 0.5) is 51.3 Å². The zero-order valence-corrected chi connectivity index (χ0v) is 21.1. The van der Waals surface area contributed by atoms with E-state index in [1.165, 1.54) is 30.5 Å². The molecule has 0 radical (unpaired) electrons. The number of carbonyl (C=O) groups excluding carboxylic acids is 2. The SMILES string of the molecule is CC1(C)C(=O)N(c2ccc([N+](=O)[O-])c(C(F)(F)F)c2)C(=O)N1CCCCCSCCCC(F)(F)C(F)(F)F. The van der Waals surface area contributed by atoms with Gasteiger partial charge in [-0.3, -0.25) is 14.9 Å². The average Bonchev–Trinajstić information content (AvgIpc) is 2.94. The Morgan fingerprint density at radius 3 is 2.11 bits per heavy atom. The lowest BCUT2D eigenvalue weighted by Crippen LogP contribution is -2.44. The Morgan fingerprint density at radius 2 is 1.55 bits per heavy atom. The number of halogens is 8. The molecule has 0 spiro atoms. The summed E-state index contributed by atoms with van der Waals surface area (Å²) in [6, 6.07) is 0.970. The molecule has 0 aromatic heterocycles. The fraction of sp³-hybridized carbons (Fsp3) is 0.636. The van der Waals surface area contributed by atoms with Crippen LogP contribution >= 0.6 is 11.8 Å². The second kappa shape index (κ2) is 11.6. The van der Waals surface area contributed by atoms with Crippen molar-refractivity contribution >= 4 is 35.1 Å². The molecule has 1 aromatic rings. The van der Waals surface area contributed by atoms with Gasteiger partial charge in [0.25, 0.3) is 11.6 Å². The van der Waals surface area contributed by atoms with E-state index in [9.17, 15) is 54.8 Å². The molecule has 0 aliphatic carbocycles. The van der Waals surface area contributed by atoms with Crippen LogP contribution in [0.2, 0.25) is 0 Å². The molecule has 214 valence electrons. The van der Waals surface area contributed by atoms with Crippen LogP contribution in [0.25, 0.3) is 0 Å². The maximum Gasteiger partial charge on any atom is 0.453 e. The molecule has 1 heterocycles. The summed E-state index contributed by atoms with van der Waals surface area (Å²) in [4.78, 5) is 37.4. The van der Waals surface area contributed by atoms with Gasteiger partial charge in [0.2, 0.25) is 0 Å². The lowest BCUT2D eigenvalue weighted by Gasteiger charge is -2.27. The number of benzene rings is 1. The molecule has 2 rings (SSSR count). The van der Waals surface area contributed by atoms with Crippen molar-refractivity contribution in [2.45, 2.75) is 69.8 Å². The number of hydrogen-bond donors (Lipinski definition) is 0. The van der Waals surface area contributed by atoms with Gasteiger partial charge >= 0.3 is 24.3 Å². The summed E-state index contributed by atoms with van der Waals surface area (Å²) in [5, 5.41) is 11.0. The van der Waals surface area contributed by atoms with Gasteiger partial charge in [-0.25, -0.2) is 9.69 Å². The highest BCUT2D eigenvalue weighted by atomic mass is 32.2. The lowest BCUT2D eigenvalue weighted by molar-refractivity contribution is -0.388. The number of imide groups is 1. The number of nitro benzene ring substituents is 1. The predicted molar refractivity (Wildman–Crippen MR) is 123 cm³/mol. The highest BCUT2D eigenvalue weighted by Crippen LogP contribution is 2.41. The first kappa shape index (κ1) is 31.6. The Morgan fingerprint density at radius 1 is 0.947 bits per heavy atom. The summed E-state index contributed by atoms with van der Waals surface area (Å²) in [5.41, 5.74) is -4.68. The Labute approximate surface area is 216 Å². The van der Waals surface area contributed by atoms with Crippen molar-refractivity contribution in [1.29, 1.82) is 0 Å². The normalized spacial score (nSPS) is 16.5. The summed E-state index contributed by atoms with van der Waals surface area (Å²) in [5.74, 6) is -4.95. The van der Waals surface area contributed by atoms with Gasteiger partial charge in [-0.05, 0) is 56.7 Å². The molecule has 3 amide bonds. The van der Waals surface area contributed by atoms with E-state index in [0.29, 0.717) is 42.0 Å². The smallest absolute Gasteiger partial charge is 0.310 e. The molecule has 16 heteroatoms. The van der Waals surface area contributed by atoms with E-state index >= 15 is 0 Å². The van der Waals surface area contributed by atoms with Crippen molar-refractivity contribution in [2.24, 2.45) is 0 Å². The molecule has 0 atom stereocenters. The van der Waals surface area contributed by atoms with E-state index in [1.54, 1.807) is 0 Å². The van der Waals surface area contributed by atoms with Gasteiger partial charge in [-0.15, -0.1) is 0 Å². The summed E-state index contributed by atoms with van der Waals surface area (Å²) in [6.07, 6.45) is -10.8. The monoisotopic (exact) mass is 579 g/mol. The van der Waals surface area contributed by atoms with Crippen molar-refractivity contribution in [1.82, 2.24) is 4.90 Å². The number of nitrogens with zero attached hydrogens (tertiary/aromatic N) is 3. The van der Waals surface area contributed by atoms with Crippen molar-refractivity contribution in [2.75, 3.05) is 23.0 Å². The summed E-state index contributed by atoms with van der Waals surface area (Å²) >= 11 is 1.21. The first-order chi connectivity index (χ1) is 17.3. The van der Waals surface area contributed by atoms with Crippen LogP contribution < -0.4 is 4.90 Å². The Hall–Kier alpha value is -2.65. The van der Waals surface area contributed by atoms with Gasteiger partial charge in [-0.1, -0.05) is 6.42 Å². The van der Waals surface area contributed by atoms with Crippen LogP contribution in [-0.2, 0) is 11.0 Å². The second-order valence-electron chi connectivity index (χ2n) is 9.07. The van der Waals surface area contributed by atoms with Gasteiger partial charge in [0, 0.05) is 19.0 Å². The maximum absolute atomic E-state index is 13.4. The number of anilines is 1. The van der Waals surface area contributed by atoms with Crippen molar-refractivity contribution in [3.8, 4) is 0 Å². The quantitative estimate of drug-likeness (QED) is 0.0872. The number of urea groups is 1. The molecule has 1 aliphatic heterocycles. The molecule has 0 bridgehead atoms. The third-order valence-corrected chi connectivity index (χ3v) is 7.08. The summed E-state index contributed by atoms with van der Waals surface area (Å²) in [6.45, 7) is 2.89.